The maximum atomic E-state index is 13.3. The summed E-state index contributed by atoms with van der Waals surface area (Å²) in [7, 11) is 0. The molecule has 1 fully saturated rings. The van der Waals surface area contributed by atoms with Crippen LogP contribution < -0.4 is 5.32 Å². The van der Waals surface area contributed by atoms with Gasteiger partial charge in [0, 0.05) is 55.1 Å². The Morgan fingerprint density at radius 1 is 1.00 bits per heavy atom. The van der Waals surface area contributed by atoms with Crippen molar-refractivity contribution in [2.45, 2.75) is 50.9 Å². The van der Waals surface area contributed by atoms with Crippen molar-refractivity contribution in [2.75, 3.05) is 18.4 Å². The summed E-state index contributed by atoms with van der Waals surface area (Å²) >= 11 is 0. The van der Waals surface area contributed by atoms with E-state index >= 15 is 0 Å². The number of hydrogen-bond acceptors (Lipinski definition) is 5. The summed E-state index contributed by atoms with van der Waals surface area (Å²) in [4.78, 5) is 33.6. The van der Waals surface area contributed by atoms with Crippen LogP contribution in [-0.2, 0) is 11.3 Å². The van der Waals surface area contributed by atoms with Crippen molar-refractivity contribution in [3.05, 3.63) is 95.7 Å². The molecule has 2 aromatic heterocycles. The Kier molecular flexibility index (Phi) is 7.88. The Balaban J connectivity index is 1.12. The lowest BCUT2D eigenvalue weighted by atomic mass is 10.00. The highest BCUT2D eigenvalue weighted by atomic mass is 19.4. The first-order chi connectivity index (χ1) is 20.7. The number of fused-ring (bicyclic) bond motifs is 1. The number of carbonyl (C=O) groups excluding carboxylic acids is 2. The summed E-state index contributed by atoms with van der Waals surface area (Å²) in [6.45, 7) is 1.18. The molecule has 4 aromatic rings. The molecule has 8 nitrogen and oxygen atoms in total. The number of amides is 2. The third-order valence-corrected chi connectivity index (χ3v) is 7.72. The first kappa shape index (κ1) is 28.4. The molecule has 2 amide bonds. The molecule has 1 aliphatic carbocycles. The number of anilines is 2. The lowest BCUT2D eigenvalue weighted by Crippen LogP contribution is -2.35. The minimum atomic E-state index is -4.35. The Bertz CT molecular complexity index is 1650. The number of alkyl halides is 3. The minimum absolute atomic E-state index is 0.00905. The SMILES string of the molecule is O=C(CCC(F)(F)F)N1CC=C(c2cccn3nc(Nc4ccc(C(=O)N(Cc5ccccc5)C5CC5)cc4)nc23)CC1. The second-order valence-corrected chi connectivity index (χ2v) is 10.9. The fourth-order valence-electron chi connectivity index (χ4n) is 5.28. The van der Waals surface area contributed by atoms with E-state index in [0.29, 0.717) is 36.7 Å². The van der Waals surface area contributed by atoms with E-state index in [-0.39, 0.29) is 18.5 Å². The van der Waals surface area contributed by atoms with Crippen LogP contribution in [0, 0.1) is 0 Å². The monoisotopic (exact) mass is 588 g/mol. The molecule has 1 aliphatic heterocycles. The molecule has 0 spiro atoms. The van der Waals surface area contributed by atoms with Crippen LogP contribution in [0.5, 0.6) is 0 Å². The highest BCUT2D eigenvalue weighted by molar-refractivity contribution is 5.95. The topological polar surface area (TPSA) is 82.8 Å². The third-order valence-electron chi connectivity index (χ3n) is 7.72. The van der Waals surface area contributed by atoms with Gasteiger partial charge in [-0.2, -0.15) is 18.2 Å². The van der Waals surface area contributed by atoms with Crippen LogP contribution in [0.3, 0.4) is 0 Å². The Morgan fingerprint density at radius 2 is 1.77 bits per heavy atom. The molecule has 0 bridgehead atoms. The van der Waals surface area contributed by atoms with Gasteiger partial charge in [0.1, 0.15) is 0 Å². The summed E-state index contributed by atoms with van der Waals surface area (Å²) in [5.74, 6) is -0.102. The average molecular weight is 589 g/mol. The standard InChI is InChI=1S/C32H31F3N6O2/c33-32(34,35)17-14-28(42)39-19-15-23(16-20-39)27-7-4-18-41-29(27)37-31(38-41)36-25-10-8-24(9-11-25)30(43)40(26-12-13-26)21-22-5-2-1-3-6-22/h1-11,15,18,26H,12-14,16-17,19-21H2,(H,36,38). The minimum Gasteiger partial charge on any atom is -0.339 e. The first-order valence-corrected chi connectivity index (χ1v) is 14.3. The summed E-state index contributed by atoms with van der Waals surface area (Å²) in [6.07, 6.45) is 0.206. The van der Waals surface area contributed by atoms with Gasteiger partial charge >= 0.3 is 6.18 Å². The number of aromatic nitrogens is 3. The van der Waals surface area contributed by atoms with Crippen LogP contribution in [-0.4, -0.2) is 61.5 Å². The van der Waals surface area contributed by atoms with Crippen molar-refractivity contribution in [3.8, 4) is 0 Å². The summed E-state index contributed by atoms with van der Waals surface area (Å²) in [5.41, 5.74) is 4.90. The smallest absolute Gasteiger partial charge is 0.339 e. The van der Waals surface area contributed by atoms with Gasteiger partial charge in [-0.25, -0.2) is 4.52 Å². The molecule has 1 saturated carbocycles. The van der Waals surface area contributed by atoms with Gasteiger partial charge in [-0.15, -0.1) is 5.10 Å². The van der Waals surface area contributed by atoms with Crippen molar-refractivity contribution >= 4 is 34.7 Å². The van der Waals surface area contributed by atoms with Gasteiger partial charge in [0.2, 0.25) is 11.9 Å². The summed E-state index contributed by atoms with van der Waals surface area (Å²) < 4.78 is 39.2. The average Bonchev–Trinajstić information content (AvgIpc) is 3.77. The second-order valence-electron chi connectivity index (χ2n) is 10.9. The third kappa shape index (κ3) is 6.87. The van der Waals surface area contributed by atoms with Crippen molar-refractivity contribution < 1.29 is 22.8 Å². The van der Waals surface area contributed by atoms with Crippen molar-refractivity contribution in [2.24, 2.45) is 0 Å². The molecule has 1 N–H and O–H groups in total. The van der Waals surface area contributed by atoms with E-state index in [1.54, 1.807) is 22.8 Å². The highest BCUT2D eigenvalue weighted by Gasteiger charge is 2.33. The molecule has 0 unspecified atom stereocenters. The van der Waals surface area contributed by atoms with Crippen molar-refractivity contribution in [1.82, 2.24) is 24.4 Å². The molecule has 43 heavy (non-hydrogen) atoms. The van der Waals surface area contributed by atoms with Gasteiger partial charge in [-0.05, 0) is 66.8 Å². The van der Waals surface area contributed by atoms with Crippen LogP contribution in [0.15, 0.2) is 79.0 Å². The normalized spacial score (nSPS) is 15.3. The largest absolute Gasteiger partial charge is 0.389 e. The number of nitrogens with zero attached hydrogens (tertiary/aromatic N) is 5. The molecule has 2 aliphatic rings. The predicted molar refractivity (Wildman–Crippen MR) is 157 cm³/mol. The Labute approximate surface area is 246 Å². The van der Waals surface area contributed by atoms with Gasteiger partial charge in [0.15, 0.2) is 5.65 Å². The van der Waals surface area contributed by atoms with Crippen molar-refractivity contribution in [3.63, 3.8) is 0 Å². The number of halogens is 3. The molecule has 0 saturated heterocycles. The van der Waals surface area contributed by atoms with Gasteiger partial charge in [0.05, 0.1) is 6.42 Å². The van der Waals surface area contributed by atoms with Gasteiger partial charge in [-0.3, -0.25) is 9.59 Å². The summed E-state index contributed by atoms with van der Waals surface area (Å²) in [5, 5.41) is 7.75. The van der Waals surface area contributed by atoms with E-state index < -0.39 is 24.9 Å². The maximum absolute atomic E-state index is 13.3. The number of nitrogens with one attached hydrogen (secondary N) is 1. The molecule has 0 radical (unpaired) electrons. The highest BCUT2D eigenvalue weighted by Crippen LogP contribution is 2.31. The first-order valence-electron chi connectivity index (χ1n) is 14.3. The quantitative estimate of drug-likeness (QED) is 0.251. The number of benzene rings is 2. The number of pyridine rings is 1. The lowest BCUT2D eigenvalue weighted by Gasteiger charge is -2.27. The van der Waals surface area contributed by atoms with Crippen LogP contribution in [0.4, 0.5) is 24.8 Å². The van der Waals surface area contributed by atoms with E-state index in [1.165, 1.54) is 4.90 Å². The molecular weight excluding hydrogens is 557 g/mol. The van der Waals surface area contributed by atoms with Crippen LogP contribution in [0.25, 0.3) is 11.2 Å². The lowest BCUT2D eigenvalue weighted by molar-refractivity contribution is -0.148. The number of hydrogen-bond donors (Lipinski definition) is 1. The zero-order chi connectivity index (χ0) is 30.0. The van der Waals surface area contributed by atoms with Gasteiger partial charge in [0.25, 0.3) is 5.91 Å². The maximum Gasteiger partial charge on any atom is 0.389 e. The van der Waals surface area contributed by atoms with E-state index in [4.69, 9.17) is 0 Å². The van der Waals surface area contributed by atoms with Gasteiger partial charge in [-0.1, -0.05) is 36.4 Å². The molecule has 11 heteroatoms. The number of carbonyl (C=O) groups is 2. The van der Waals surface area contributed by atoms with Crippen LogP contribution in [0.1, 0.15) is 53.6 Å². The fourth-order valence-corrected chi connectivity index (χ4v) is 5.28. The van der Waals surface area contributed by atoms with Crippen LogP contribution >= 0.6 is 0 Å². The molecule has 6 rings (SSSR count). The molecule has 222 valence electrons. The summed E-state index contributed by atoms with van der Waals surface area (Å²) in [6, 6.07) is 21.3. The molecule has 2 aromatic carbocycles. The van der Waals surface area contributed by atoms with E-state index in [9.17, 15) is 22.8 Å². The van der Waals surface area contributed by atoms with Gasteiger partial charge < -0.3 is 15.1 Å². The zero-order valence-electron chi connectivity index (χ0n) is 23.4. The zero-order valence-corrected chi connectivity index (χ0v) is 23.4. The van der Waals surface area contributed by atoms with E-state index in [2.05, 4.69) is 15.4 Å². The number of rotatable bonds is 9. The predicted octanol–water partition coefficient (Wildman–Crippen LogP) is 6.24. The molecular formula is C32H31F3N6O2. The molecule has 3 heterocycles. The Hall–Kier alpha value is -4.67. The van der Waals surface area contributed by atoms with E-state index in [1.807, 2.05) is 65.6 Å². The van der Waals surface area contributed by atoms with Crippen LogP contribution in [0.2, 0.25) is 0 Å². The second kappa shape index (κ2) is 11.9. The Morgan fingerprint density at radius 3 is 2.44 bits per heavy atom. The molecule has 0 atom stereocenters. The fraction of sp³-hybridized carbons (Fsp3) is 0.312. The van der Waals surface area contributed by atoms with E-state index in [0.717, 1.165) is 35.2 Å². The van der Waals surface area contributed by atoms with Crippen molar-refractivity contribution in [1.29, 1.82) is 0 Å².